The molecular weight excluding hydrogens is 380 g/mol. The molecular formula is C24H40N2O4. The van der Waals surface area contributed by atoms with Gasteiger partial charge in [0.15, 0.2) is 0 Å². The highest BCUT2D eigenvalue weighted by Gasteiger charge is 2.38. The minimum absolute atomic E-state index is 0.178. The molecule has 0 saturated carbocycles. The minimum Gasteiger partial charge on any atom is -0.488 e. The van der Waals surface area contributed by atoms with Gasteiger partial charge in [0, 0.05) is 25.6 Å². The van der Waals surface area contributed by atoms with Crippen molar-refractivity contribution in [2.45, 2.75) is 85.4 Å². The lowest BCUT2D eigenvalue weighted by Gasteiger charge is -2.40. The number of hydrogen-bond acceptors (Lipinski definition) is 3. The first kappa shape index (κ1) is 25.8. The first-order chi connectivity index (χ1) is 13.6. The van der Waals surface area contributed by atoms with E-state index < -0.39 is 17.7 Å². The lowest BCUT2D eigenvalue weighted by atomic mass is 9.97. The fourth-order valence-corrected chi connectivity index (χ4v) is 3.26. The Hall–Kier alpha value is -2.24. The second kappa shape index (κ2) is 10.2. The third-order valence-electron chi connectivity index (χ3n) is 4.72. The number of rotatable bonds is 8. The first-order valence-electron chi connectivity index (χ1n) is 10.7. The summed E-state index contributed by atoms with van der Waals surface area (Å²) in [6.07, 6.45) is 0.0893. The molecule has 1 N–H and O–H groups in total. The molecule has 1 aromatic rings. The van der Waals surface area contributed by atoms with E-state index in [1.807, 2.05) is 65.8 Å². The van der Waals surface area contributed by atoms with Gasteiger partial charge in [0.25, 0.3) is 0 Å². The van der Waals surface area contributed by atoms with Crippen LogP contribution in [0.25, 0.3) is 0 Å². The van der Waals surface area contributed by atoms with Gasteiger partial charge in [-0.3, -0.25) is 9.69 Å². The molecule has 170 valence electrons. The van der Waals surface area contributed by atoms with Crippen LogP contribution in [0.5, 0.6) is 5.75 Å². The van der Waals surface area contributed by atoms with Crippen LogP contribution < -0.4 is 4.74 Å². The molecule has 0 heterocycles. The van der Waals surface area contributed by atoms with Crippen molar-refractivity contribution in [3.63, 3.8) is 0 Å². The van der Waals surface area contributed by atoms with Crippen molar-refractivity contribution in [1.82, 2.24) is 9.80 Å². The maximum absolute atomic E-state index is 13.3. The van der Waals surface area contributed by atoms with Gasteiger partial charge in [-0.1, -0.05) is 26.0 Å². The normalized spacial score (nSPS) is 13.1. The van der Waals surface area contributed by atoms with E-state index >= 15 is 0 Å². The van der Waals surface area contributed by atoms with E-state index in [9.17, 15) is 14.7 Å². The predicted octanol–water partition coefficient (Wildman–Crippen LogP) is 5.06. The Bertz CT molecular complexity index is 699. The van der Waals surface area contributed by atoms with Crippen LogP contribution in [0, 0.1) is 5.92 Å². The van der Waals surface area contributed by atoms with Crippen LogP contribution >= 0.6 is 0 Å². The quantitative estimate of drug-likeness (QED) is 0.638. The molecule has 1 rings (SSSR count). The molecule has 1 aromatic carbocycles. The van der Waals surface area contributed by atoms with E-state index in [4.69, 9.17) is 4.74 Å². The molecule has 0 bridgehead atoms. The topological polar surface area (TPSA) is 70.1 Å². The van der Waals surface area contributed by atoms with Crippen LogP contribution in [0.2, 0.25) is 0 Å². The summed E-state index contributed by atoms with van der Waals surface area (Å²) in [7, 11) is 1.75. The van der Waals surface area contributed by atoms with Gasteiger partial charge in [-0.15, -0.1) is 0 Å². The highest BCUT2D eigenvalue weighted by Crippen LogP contribution is 2.24. The Balaban J connectivity index is 3.17. The van der Waals surface area contributed by atoms with Crippen LogP contribution in [-0.2, 0) is 11.2 Å². The van der Waals surface area contributed by atoms with Crippen LogP contribution in [0.1, 0.15) is 67.4 Å². The molecule has 0 aliphatic carbocycles. The van der Waals surface area contributed by atoms with Crippen molar-refractivity contribution in [2.75, 3.05) is 13.6 Å². The van der Waals surface area contributed by atoms with Gasteiger partial charge in [0.2, 0.25) is 5.91 Å². The van der Waals surface area contributed by atoms with Crippen molar-refractivity contribution >= 4 is 12.0 Å². The Morgan fingerprint density at radius 1 is 1.03 bits per heavy atom. The van der Waals surface area contributed by atoms with Crippen LogP contribution in [-0.4, -0.2) is 57.7 Å². The highest BCUT2D eigenvalue weighted by atomic mass is 16.5. The van der Waals surface area contributed by atoms with Gasteiger partial charge in [-0.25, -0.2) is 4.79 Å². The average molecular weight is 421 g/mol. The Morgan fingerprint density at radius 2 is 1.57 bits per heavy atom. The van der Waals surface area contributed by atoms with Gasteiger partial charge in [0.1, 0.15) is 17.4 Å². The van der Waals surface area contributed by atoms with Gasteiger partial charge < -0.3 is 14.7 Å². The largest absolute Gasteiger partial charge is 0.488 e. The van der Waals surface area contributed by atoms with Crippen LogP contribution in [0.4, 0.5) is 4.79 Å². The predicted molar refractivity (Wildman–Crippen MR) is 121 cm³/mol. The summed E-state index contributed by atoms with van der Waals surface area (Å²) in [5.74, 6) is 1.03. The molecule has 0 aliphatic rings. The molecule has 0 radical (unpaired) electrons. The summed E-state index contributed by atoms with van der Waals surface area (Å²) in [6.45, 7) is 16.2. The second-order valence-corrected chi connectivity index (χ2v) is 10.3. The zero-order chi connectivity index (χ0) is 23.3. The first-order valence-corrected chi connectivity index (χ1v) is 10.7. The van der Waals surface area contributed by atoms with E-state index in [1.54, 1.807) is 11.9 Å². The molecule has 0 aliphatic heterocycles. The molecule has 30 heavy (non-hydrogen) atoms. The number of nitrogens with zero attached hydrogens (tertiary/aromatic N) is 2. The molecule has 2 amide bonds. The van der Waals surface area contributed by atoms with Crippen molar-refractivity contribution in [1.29, 1.82) is 0 Å². The van der Waals surface area contributed by atoms with E-state index in [-0.39, 0.29) is 11.5 Å². The molecule has 1 atom stereocenters. The second-order valence-electron chi connectivity index (χ2n) is 10.3. The van der Waals surface area contributed by atoms with E-state index in [2.05, 4.69) is 13.8 Å². The zero-order valence-electron chi connectivity index (χ0n) is 20.2. The summed E-state index contributed by atoms with van der Waals surface area (Å²) >= 11 is 0. The maximum atomic E-state index is 13.3. The number of likely N-dealkylation sites (N-methyl/N-ethyl adjacent to an activating group) is 1. The van der Waals surface area contributed by atoms with E-state index in [0.29, 0.717) is 18.9 Å². The van der Waals surface area contributed by atoms with Gasteiger partial charge >= 0.3 is 6.09 Å². The SMILES string of the molecule is CC(C)CCN(C)C(=O)[C@H](Cc1ccc(OC(C)(C)C)cc1)N(C(=O)O)C(C)(C)C. The third kappa shape index (κ3) is 8.25. The van der Waals surface area contributed by atoms with Gasteiger partial charge in [0.05, 0.1) is 0 Å². The number of carbonyl (C=O) groups excluding carboxylic acids is 1. The Kier molecular flexibility index (Phi) is 8.76. The molecule has 0 fully saturated rings. The standard InChI is InChI=1S/C24H40N2O4/c1-17(2)14-15-25(9)21(27)20(26(22(28)29)23(3,4)5)16-18-10-12-19(13-11-18)30-24(6,7)8/h10-13,17,20H,14-16H2,1-9H3,(H,28,29)/t20-/m0/s1. The number of hydrogen-bond donors (Lipinski definition) is 1. The van der Waals surface area contributed by atoms with Crippen LogP contribution in [0.15, 0.2) is 24.3 Å². The molecule has 0 unspecified atom stereocenters. The molecule has 0 aromatic heterocycles. The summed E-state index contributed by atoms with van der Waals surface area (Å²) in [4.78, 5) is 28.4. The zero-order valence-corrected chi connectivity index (χ0v) is 20.2. The summed E-state index contributed by atoms with van der Waals surface area (Å²) in [5, 5.41) is 9.91. The van der Waals surface area contributed by atoms with Gasteiger partial charge in [-0.05, 0) is 71.6 Å². The number of amides is 2. The summed E-state index contributed by atoms with van der Waals surface area (Å²) in [6, 6.07) is 6.74. The smallest absolute Gasteiger partial charge is 0.408 e. The fourth-order valence-electron chi connectivity index (χ4n) is 3.26. The third-order valence-corrected chi connectivity index (χ3v) is 4.72. The minimum atomic E-state index is -1.09. The number of carbonyl (C=O) groups is 2. The van der Waals surface area contributed by atoms with Crippen molar-refractivity contribution < 1.29 is 19.4 Å². The molecule has 6 heteroatoms. The van der Waals surface area contributed by atoms with E-state index in [0.717, 1.165) is 17.7 Å². The van der Waals surface area contributed by atoms with Crippen molar-refractivity contribution in [3.05, 3.63) is 29.8 Å². The average Bonchev–Trinajstić information content (AvgIpc) is 2.57. The number of carboxylic acid groups (broad SMARTS) is 1. The summed E-state index contributed by atoms with van der Waals surface area (Å²) in [5.41, 5.74) is -0.117. The van der Waals surface area contributed by atoms with Gasteiger partial charge in [-0.2, -0.15) is 0 Å². The monoisotopic (exact) mass is 420 g/mol. The van der Waals surface area contributed by atoms with E-state index in [1.165, 1.54) is 4.90 Å². The number of ether oxygens (including phenoxy) is 1. The Labute approximate surface area is 182 Å². The van der Waals surface area contributed by atoms with Crippen molar-refractivity contribution in [3.8, 4) is 5.75 Å². The van der Waals surface area contributed by atoms with Crippen LogP contribution in [0.3, 0.4) is 0 Å². The lowest BCUT2D eigenvalue weighted by Crippen LogP contribution is -2.58. The summed E-state index contributed by atoms with van der Waals surface area (Å²) < 4.78 is 5.86. The fraction of sp³-hybridized carbons (Fsp3) is 0.667. The number of benzene rings is 1. The molecule has 0 saturated heterocycles. The lowest BCUT2D eigenvalue weighted by molar-refractivity contribution is -0.137. The molecule has 0 spiro atoms. The maximum Gasteiger partial charge on any atom is 0.408 e. The molecule has 6 nitrogen and oxygen atoms in total. The van der Waals surface area contributed by atoms with Crippen molar-refractivity contribution in [2.24, 2.45) is 5.92 Å². The highest BCUT2D eigenvalue weighted by molar-refractivity contribution is 5.86. The Morgan fingerprint density at radius 3 is 1.97 bits per heavy atom.